The second-order valence-corrected chi connectivity index (χ2v) is 5.84. The van der Waals surface area contributed by atoms with Gasteiger partial charge >= 0.3 is 0 Å². The zero-order valence-corrected chi connectivity index (χ0v) is 17.5. The first-order valence-electron chi connectivity index (χ1n) is 8.64. The van der Waals surface area contributed by atoms with Gasteiger partial charge in [-0.2, -0.15) is 0 Å². The molecule has 2 aromatic carbocycles. The van der Waals surface area contributed by atoms with Gasteiger partial charge in [0, 0.05) is 36.8 Å². The van der Waals surface area contributed by atoms with E-state index >= 15 is 0 Å². The summed E-state index contributed by atoms with van der Waals surface area (Å²) < 4.78 is 18.6. The Morgan fingerprint density at radius 2 is 1.93 bits per heavy atom. The molecular formula is C20H24FIN4O. The molecule has 0 saturated carbocycles. The number of para-hydroxylation sites is 1. The molecule has 1 aromatic heterocycles. The lowest BCUT2D eigenvalue weighted by atomic mass is 10.1. The highest BCUT2D eigenvalue weighted by Crippen LogP contribution is 2.17. The van der Waals surface area contributed by atoms with Crippen LogP contribution < -0.4 is 15.4 Å². The number of benzene rings is 2. The number of nitrogens with zero attached hydrogens (tertiary/aromatic N) is 1. The van der Waals surface area contributed by atoms with Crippen molar-refractivity contribution in [3.05, 3.63) is 66.1 Å². The van der Waals surface area contributed by atoms with Crippen LogP contribution in [-0.2, 0) is 6.42 Å². The van der Waals surface area contributed by atoms with Crippen LogP contribution in [0.1, 0.15) is 5.56 Å². The molecule has 3 rings (SSSR count). The highest BCUT2D eigenvalue weighted by Gasteiger charge is 2.03. The van der Waals surface area contributed by atoms with Crippen LogP contribution in [0.25, 0.3) is 10.9 Å². The lowest BCUT2D eigenvalue weighted by molar-refractivity contribution is 0.320. The van der Waals surface area contributed by atoms with Gasteiger partial charge < -0.3 is 20.4 Å². The minimum atomic E-state index is -0.301. The topological polar surface area (TPSA) is 61.4 Å². The van der Waals surface area contributed by atoms with E-state index < -0.39 is 0 Å². The van der Waals surface area contributed by atoms with Gasteiger partial charge in [0.2, 0.25) is 0 Å². The number of hydrogen-bond acceptors (Lipinski definition) is 2. The number of fused-ring (bicyclic) bond motifs is 1. The number of rotatable bonds is 7. The Bertz CT molecular complexity index is 881. The maximum Gasteiger partial charge on any atom is 0.191 e. The van der Waals surface area contributed by atoms with Crippen molar-refractivity contribution in [3.63, 3.8) is 0 Å². The van der Waals surface area contributed by atoms with Crippen LogP contribution in [0.15, 0.2) is 59.7 Å². The second kappa shape index (κ2) is 10.8. The third-order valence-corrected chi connectivity index (χ3v) is 4.04. The zero-order chi connectivity index (χ0) is 18.2. The van der Waals surface area contributed by atoms with Gasteiger partial charge in [-0.1, -0.05) is 24.3 Å². The van der Waals surface area contributed by atoms with Crippen LogP contribution in [0.5, 0.6) is 5.75 Å². The fraction of sp³-hybridized carbons (Fsp3) is 0.250. The minimum absolute atomic E-state index is 0. The Morgan fingerprint density at radius 1 is 1.11 bits per heavy atom. The lowest BCUT2D eigenvalue weighted by Crippen LogP contribution is -2.40. The summed E-state index contributed by atoms with van der Waals surface area (Å²) in [6, 6.07) is 14.4. The fourth-order valence-corrected chi connectivity index (χ4v) is 2.77. The van der Waals surface area contributed by atoms with Gasteiger partial charge in [-0.15, -0.1) is 24.0 Å². The molecule has 0 unspecified atom stereocenters. The highest BCUT2D eigenvalue weighted by molar-refractivity contribution is 14.0. The minimum Gasteiger partial charge on any atom is -0.492 e. The first-order chi connectivity index (χ1) is 12.8. The van der Waals surface area contributed by atoms with Crippen molar-refractivity contribution < 1.29 is 9.13 Å². The summed E-state index contributed by atoms with van der Waals surface area (Å²) in [6.07, 6.45) is 2.94. The molecule has 0 aliphatic heterocycles. The number of guanidine groups is 1. The van der Waals surface area contributed by atoms with E-state index in [1.165, 1.54) is 23.1 Å². The second-order valence-electron chi connectivity index (χ2n) is 5.84. The molecule has 0 radical (unpaired) electrons. The normalized spacial score (nSPS) is 11.1. The van der Waals surface area contributed by atoms with Crippen LogP contribution in [0.3, 0.4) is 0 Å². The molecule has 5 nitrogen and oxygen atoms in total. The van der Waals surface area contributed by atoms with Crippen molar-refractivity contribution in [2.24, 2.45) is 4.99 Å². The first kappa shape index (κ1) is 21.0. The number of aromatic nitrogens is 1. The van der Waals surface area contributed by atoms with E-state index in [0.717, 1.165) is 18.5 Å². The van der Waals surface area contributed by atoms with Crippen molar-refractivity contribution in [2.45, 2.75) is 6.42 Å². The van der Waals surface area contributed by atoms with Gasteiger partial charge in [-0.05, 0) is 30.2 Å². The van der Waals surface area contributed by atoms with Crippen molar-refractivity contribution in [2.75, 3.05) is 26.7 Å². The summed E-state index contributed by atoms with van der Waals surface area (Å²) in [6.45, 7) is 1.77. The summed E-state index contributed by atoms with van der Waals surface area (Å²) in [5.74, 6) is 0.937. The molecule has 0 amide bonds. The summed E-state index contributed by atoms with van der Waals surface area (Å²) in [5, 5.41) is 7.72. The highest BCUT2D eigenvalue weighted by atomic mass is 127. The predicted octanol–water partition coefficient (Wildman–Crippen LogP) is 3.71. The Balaban J connectivity index is 0.00000261. The third kappa shape index (κ3) is 6.13. The average molecular weight is 482 g/mol. The monoisotopic (exact) mass is 482 g/mol. The summed E-state index contributed by atoms with van der Waals surface area (Å²) in [7, 11) is 1.73. The first-order valence-corrected chi connectivity index (χ1v) is 8.64. The zero-order valence-electron chi connectivity index (χ0n) is 15.2. The molecule has 0 aliphatic rings. The largest absolute Gasteiger partial charge is 0.492 e. The molecule has 3 N–H and O–H groups in total. The molecule has 0 atom stereocenters. The number of hydrogen-bond donors (Lipinski definition) is 3. The molecule has 0 fully saturated rings. The van der Waals surface area contributed by atoms with E-state index in [-0.39, 0.29) is 29.8 Å². The Morgan fingerprint density at radius 3 is 2.74 bits per heavy atom. The van der Waals surface area contributed by atoms with Gasteiger partial charge in [0.15, 0.2) is 5.96 Å². The van der Waals surface area contributed by atoms with Crippen molar-refractivity contribution in [1.29, 1.82) is 0 Å². The number of halogens is 2. The number of nitrogens with one attached hydrogen (secondary N) is 3. The maximum absolute atomic E-state index is 13.1. The number of ether oxygens (including phenoxy) is 1. The fourth-order valence-electron chi connectivity index (χ4n) is 2.77. The van der Waals surface area contributed by atoms with Crippen LogP contribution in [0.2, 0.25) is 0 Å². The Labute approximate surface area is 175 Å². The van der Waals surface area contributed by atoms with E-state index in [9.17, 15) is 4.39 Å². The van der Waals surface area contributed by atoms with Gasteiger partial charge in [-0.3, -0.25) is 4.99 Å². The van der Waals surface area contributed by atoms with E-state index in [2.05, 4.69) is 38.9 Å². The number of aromatic amines is 1. The Hall–Kier alpha value is -2.29. The number of aliphatic imine (C=N–C) groups is 1. The number of H-pyrrole nitrogens is 1. The van der Waals surface area contributed by atoms with Gasteiger partial charge in [-0.25, -0.2) is 4.39 Å². The van der Waals surface area contributed by atoms with Crippen molar-refractivity contribution >= 4 is 40.8 Å². The van der Waals surface area contributed by atoms with E-state index in [4.69, 9.17) is 4.74 Å². The molecule has 27 heavy (non-hydrogen) atoms. The van der Waals surface area contributed by atoms with E-state index in [1.807, 2.05) is 12.1 Å². The van der Waals surface area contributed by atoms with Gasteiger partial charge in [0.25, 0.3) is 0 Å². The smallest absolute Gasteiger partial charge is 0.191 e. The van der Waals surface area contributed by atoms with Crippen LogP contribution >= 0.6 is 24.0 Å². The van der Waals surface area contributed by atoms with Crippen molar-refractivity contribution in [1.82, 2.24) is 15.6 Å². The molecule has 3 aromatic rings. The molecule has 0 bridgehead atoms. The van der Waals surface area contributed by atoms with Gasteiger partial charge in [0.05, 0.1) is 6.54 Å². The van der Waals surface area contributed by atoms with Crippen LogP contribution in [0.4, 0.5) is 4.39 Å². The molecule has 1 heterocycles. The summed E-state index contributed by atoms with van der Waals surface area (Å²) >= 11 is 0. The van der Waals surface area contributed by atoms with Crippen molar-refractivity contribution in [3.8, 4) is 5.75 Å². The summed E-state index contributed by atoms with van der Waals surface area (Å²) in [5.41, 5.74) is 2.43. The summed E-state index contributed by atoms with van der Waals surface area (Å²) in [4.78, 5) is 7.48. The standard InChI is InChI=1S/C20H23FN4O.HI/c1-22-20(24-11-12-26-17-6-4-5-16(21)13-17)23-10-9-15-14-25-19-8-3-2-7-18(15)19;/h2-8,13-14,25H,9-12H2,1H3,(H2,22,23,24);1H. The van der Waals surface area contributed by atoms with Crippen LogP contribution in [0, 0.1) is 5.82 Å². The third-order valence-electron chi connectivity index (χ3n) is 4.04. The van der Waals surface area contributed by atoms with E-state index in [0.29, 0.717) is 24.9 Å². The molecular weight excluding hydrogens is 458 g/mol. The quantitative estimate of drug-likeness (QED) is 0.208. The molecule has 0 saturated heterocycles. The lowest BCUT2D eigenvalue weighted by Gasteiger charge is -2.12. The van der Waals surface area contributed by atoms with Gasteiger partial charge in [0.1, 0.15) is 18.2 Å². The van der Waals surface area contributed by atoms with Crippen LogP contribution in [-0.4, -0.2) is 37.7 Å². The average Bonchev–Trinajstić information content (AvgIpc) is 3.07. The molecule has 0 spiro atoms. The molecule has 144 valence electrons. The predicted molar refractivity (Wildman–Crippen MR) is 119 cm³/mol. The maximum atomic E-state index is 13.1. The SMILES string of the molecule is CN=C(NCCOc1cccc(F)c1)NCCc1c[nH]c2ccccc12.I. The van der Waals surface area contributed by atoms with E-state index in [1.54, 1.807) is 19.2 Å². The molecule has 7 heteroatoms. The Kier molecular flexibility index (Phi) is 8.38. The molecule has 0 aliphatic carbocycles.